The summed E-state index contributed by atoms with van der Waals surface area (Å²) in [6.45, 7) is 2.52. The quantitative estimate of drug-likeness (QED) is 0.866. The van der Waals surface area contributed by atoms with Crippen molar-refractivity contribution in [2.24, 2.45) is 7.05 Å². The van der Waals surface area contributed by atoms with Gasteiger partial charge in [0, 0.05) is 38.8 Å². The Morgan fingerprint density at radius 2 is 2.17 bits per heavy atom. The van der Waals surface area contributed by atoms with E-state index in [1.54, 1.807) is 0 Å². The number of aliphatic hydroxyl groups excluding tert-OH is 1. The lowest BCUT2D eigenvalue weighted by Gasteiger charge is -2.28. The number of hydrogen-bond acceptors (Lipinski definition) is 5. The summed E-state index contributed by atoms with van der Waals surface area (Å²) in [6.07, 6.45) is 2.66. The van der Waals surface area contributed by atoms with Crippen molar-refractivity contribution in [3.8, 4) is 11.8 Å². The Kier molecular flexibility index (Phi) is 5.14. The Morgan fingerprint density at radius 3 is 2.92 bits per heavy atom. The van der Waals surface area contributed by atoms with Crippen molar-refractivity contribution in [3.05, 3.63) is 47.5 Å². The molecule has 1 N–H and O–H groups in total. The molecular formula is C18H22N4O2. The monoisotopic (exact) mass is 326 g/mol. The third kappa shape index (κ3) is 3.94. The van der Waals surface area contributed by atoms with Gasteiger partial charge in [-0.3, -0.25) is 4.90 Å². The second-order valence-corrected chi connectivity index (χ2v) is 6.18. The van der Waals surface area contributed by atoms with Gasteiger partial charge in [0.2, 0.25) is 0 Å². The summed E-state index contributed by atoms with van der Waals surface area (Å²) in [5.74, 6) is 0.710. The Balaban J connectivity index is 1.46. The molecule has 1 aliphatic rings. The van der Waals surface area contributed by atoms with Gasteiger partial charge in [0.25, 0.3) is 0 Å². The van der Waals surface area contributed by atoms with Gasteiger partial charge in [0.1, 0.15) is 18.5 Å². The van der Waals surface area contributed by atoms with Gasteiger partial charge in [0.15, 0.2) is 0 Å². The molecule has 6 nitrogen and oxygen atoms in total. The summed E-state index contributed by atoms with van der Waals surface area (Å²) in [5, 5.41) is 18.9. The number of fused-ring (bicyclic) bond motifs is 1. The molecule has 0 saturated heterocycles. The topological polar surface area (TPSA) is 74.3 Å². The Bertz CT molecular complexity index is 718. The highest BCUT2D eigenvalue weighted by atomic mass is 16.5. The average Bonchev–Trinajstić information content (AvgIpc) is 2.95. The standard InChI is InChI=1S/C18H22N4O2/c1-21-13-20-17-11-22(9-7-18(17)21)10-15(23)12-24-16-4-2-14(3-5-16)6-8-19/h2-5,13,15,23H,6-7,9-12H2,1H3/t15-/m1/s1. The van der Waals surface area contributed by atoms with E-state index in [0.29, 0.717) is 18.7 Å². The van der Waals surface area contributed by atoms with Crippen molar-refractivity contribution in [2.45, 2.75) is 25.5 Å². The number of aromatic nitrogens is 2. The fraction of sp³-hybridized carbons (Fsp3) is 0.444. The number of benzene rings is 1. The van der Waals surface area contributed by atoms with Gasteiger partial charge in [-0.15, -0.1) is 0 Å². The third-order valence-corrected chi connectivity index (χ3v) is 4.30. The van der Waals surface area contributed by atoms with E-state index in [2.05, 4.69) is 20.5 Å². The lowest BCUT2D eigenvalue weighted by molar-refractivity contribution is 0.0631. The SMILES string of the molecule is Cn1cnc2c1CCN(C[C@@H](O)COc1ccc(CC#N)cc1)C2. The Hall–Kier alpha value is -2.36. The van der Waals surface area contributed by atoms with Gasteiger partial charge >= 0.3 is 0 Å². The minimum absolute atomic E-state index is 0.253. The highest BCUT2D eigenvalue weighted by Gasteiger charge is 2.21. The van der Waals surface area contributed by atoms with E-state index < -0.39 is 6.10 Å². The van der Waals surface area contributed by atoms with Crippen molar-refractivity contribution in [3.63, 3.8) is 0 Å². The molecule has 0 aliphatic carbocycles. The predicted molar refractivity (Wildman–Crippen MR) is 89.4 cm³/mol. The smallest absolute Gasteiger partial charge is 0.119 e. The number of hydrogen-bond donors (Lipinski definition) is 1. The highest BCUT2D eigenvalue weighted by molar-refractivity contribution is 5.28. The molecule has 6 heteroatoms. The first-order chi connectivity index (χ1) is 11.7. The van der Waals surface area contributed by atoms with Crippen LogP contribution in [0.15, 0.2) is 30.6 Å². The Morgan fingerprint density at radius 1 is 1.38 bits per heavy atom. The second kappa shape index (κ2) is 7.47. The van der Waals surface area contributed by atoms with Gasteiger partial charge in [-0.05, 0) is 17.7 Å². The summed E-state index contributed by atoms with van der Waals surface area (Å²) >= 11 is 0. The fourth-order valence-corrected chi connectivity index (χ4v) is 3.01. The number of aryl methyl sites for hydroxylation is 1. The van der Waals surface area contributed by atoms with Crippen LogP contribution in [0.2, 0.25) is 0 Å². The molecule has 2 heterocycles. The molecule has 2 aromatic rings. The molecule has 0 unspecified atom stereocenters. The molecule has 1 aromatic carbocycles. The molecule has 3 rings (SSSR count). The van der Waals surface area contributed by atoms with Gasteiger partial charge in [-0.2, -0.15) is 5.26 Å². The van der Waals surface area contributed by atoms with Crippen molar-refractivity contribution in [1.82, 2.24) is 14.5 Å². The molecule has 126 valence electrons. The van der Waals surface area contributed by atoms with Crippen molar-refractivity contribution >= 4 is 0 Å². The molecule has 24 heavy (non-hydrogen) atoms. The minimum Gasteiger partial charge on any atom is -0.491 e. The summed E-state index contributed by atoms with van der Waals surface area (Å²) in [5.41, 5.74) is 3.35. The molecule has 1 aliphatic heterocycles. The zero-order valence-corrected chi connectivity index (χ0v) is 13.9. The molecule has 0 amide bonds. The van der Waals surface area contributed by atoms with Gasteiger partial charge in [0.05, 0.1) is 24.5 Å². The summed E-state index contributed by atoms with van der Waals surface area (Å²) in [6, 6.07) is 9.53. The van der Waals surface area contributed by atoms with Gasteiger partial charge in [-0.25, -0.2) is 4.98 Å². The van der Waals surface area contributed by atoms with E-state index in [1.807, 2.05) is 37.6 Å². The lowest BCUT2D eigenvalue weighted by atomic mass is 10.1. The molecule has 0 radical (unpaired) electrons. The van der Waals surface area contributed by atoms with E-state index >= 15 is 0 Å². The average molecular weight is 326 g/mol. The van der Waals surface area contributed by atoms with Crippen LogP contribution in [0.25, 0.3) is 0 Å². The molecular weight excluding hydrogens is 304 g/mol. The first-order valence-electron chi connectivity index (χ1n) is 8.14. The normalized spacial score (nSPS) is 15.5. The molecule has 0 saturated carbocycles. The molecule has 1 aromatic heterocycles. The van der Waals surface area contributed by atoms with Crippen molar-refractivity contribution < 1.29 is 9.84 Å². The van der Waals surface area contributed by atoms with E-state index in [-0.39, 0.29) is 6.61 Å². The zero-order chi connectivity index (χ0) is 16.9. The van der Waals surface area contributed by atoms with E-state index in [4.69, 9.17) is 10.00 Å². The number of aliphatic hydroxyl groups is 1. The fourth-order valence-electron chi connectivity index (χ4n) is 3.01. The van der Waals surface area contributed by atoms with Crippen LogP contribution in [-0.4, -0.2) is 45.4 Å². The number of nitriles is 1. The number of nitrogens with zero attached hydrogens (tertiary/aromatic N) is 4. The molecule has 0 fully saturated rings. The van der Waals surface area contributed by atoms with Crippen molar-refractivity contribution in [1.29, 1.82) is 5.26 Å². The first kappa shape index (κ1) is 16.5. The second-order valence-electron chi connectivity index (χ2n) is 6.18. The number of imidazole rings is 1. The maximum Gasteiger partial charge on any atom is 0.119 e. The minimum atomic E-state index is -0.547. The number of rotatable bonds is 6. The van der Waals surface area contributed by atoms with E-state index in [0.717, 1.165) is 30.8 Å². The van der Waals surface area contributed by atoms with Gasteiger partial charge in [-0.1, -0.05) is 12.1 Å². The van der Waals surface area contributed by atoms with Crippen LogP contribution in [0.4, 0.5) is 0 Å². The zero-order valence-electron chi connectivity index (χ0n) is 13.9. The van der Waals surface area contributed by atoms with Crippen LogP contribution >= 0.6 is 0 Å². The van der Waals surface area contributed by atoms with Crippen LogP contribution < -0.4 is 4.74 Å². The highest BCUT2D eigenvalue weighted by Crippen LogP contribution is 2.17. The third-order valence-electron chi connectivity index (χ3n) is 4.30. The summed E-state index contributed by atoms with van der Waals surface area (Å²) < 4.78 is 7.71. The van der Waals surface area contributed by atoms with E-state index in [9.17, 15) is 5.11 Å². The summed E-state index contributed by atoms with van der Waals surface area (Å²) in [7, 11) is 2.02. The molecule has 0 spiro atoms. The van der Waals surface area contributed by atoms with Crippen LogP contribution in [0, 0.1) is 11.3 Å². The van der Waals surface area contributed by atoms with Crippen LogP contribution in [-0.2, 0) is 26.4 Å². The largest absolute Gasteiger partial charge is 0.491 e. The summed E-state index contributed by atoms with van der Waals surface area (Å²) in [4.78, 5) is 6.62. The van der Waals surface area contributed by atoms with Crippen LogP contribution in [0.5, 0.6) is 5.75 Å². The molecule has 0 bridgehead atoms. The van der Waals surface area contributed by atoms with E-state index in [1.165, 1.54) is 5.69 Å². The lowest BCUT2D eigenvalue weighted by Crippen LogP contribution is -2.39. The molecule has 1 atom stereocenters. The first-order valence-corrected chi connectivity index (χ1v) is 8.14. The van der Waals surface area contributed by atoms with Crippen molar-refractivity contribution in [2.75, 3.05) is 19.7 Å². The number of ether oxygens (including phenoxy) is 1. The maximum absolute atomic E-state index is 10.2. The maximum atomic E-state index is 10.2. The number of β-amino-alcohol motifs (C(OH)–C–C–N with tert-alkyl or cyclic N) is 1. The predicted octanol–water partition coefficient (Wildman–Crippen LogP) is 1.28. The Labute approximate surface area is 141 Å². The van der Waals surface area contributed by atoms with Crippen LogP contribution in [0.1, 0.15) is 17.0 Å². The van der Waals surface area contributed by atoms with Gasteiger partial charge < -0.3 is 14.4 Å². The van der Waals surface area contributed by atoms with Crippen LogP contribution in [0.3, 0.4) is 0 Å².